The van der Waals surface area contributed by atoms with Crippen LogP contribution in [0.5, 0.6) is 0 Å². The molecular weight excluding hydrogens is 677 g/mol. The molecule has 0 aliphatic heterocycles. The lowest BCUT2D eigenvalue weighted by molar-refractivity contribution is -0.870. The smallest absolute Gasteiger partial charge is 0.462 e. The largest absolute Gasteiger partial charge is 0.469 e. The van der Waals surface area contributed by atoms with Crippen LogP contribution in [0.15, 0.2) is 24.3 Å². The molecule has 308 valence electrons. The van der Waals surface area contributed by atoms with Crippen LogP contribution in [0.25, 0.3) is 0 Å². The van der Waals surface area contributed by atoms with E-state index < -0.39 is 7.82 Å². The number of hydrogen-bond donors (Lipinski definition) is 2. The van der Waals surface area contributed by atoms with Gasteiger partial charge >= 0.3 is 19.8 Å². The standard InChI is InChI=1S/C37H68O4.C5H14NO4P/c1-4-6-8-10-12-14-16-18-19-21-23-25-27-29-31-33-37(39)41-35(3)34-40-36(38)32-30-28-26-24-22-20-17-15-13-11-9-7-5-2;1-6(2,3)4-5-10-11(7,8)9/h12,14,18-19,35H,4-11,13,15-17,20-34H2,1-3H3;4-5H2,1-3H3,(H-,7,8,9)/p+1/b14-12-,19-18-;/t35-;/m1./s1. The molecule has 1 atom stereocenters. The van der Waals surface area contributed by atoms with Crippen LogP contribution in [0.1, 0.15) is 188 Å². The molecule has 2 N–H and O–H groups in total. The molecule has 10 heteroatoms. The van der Waals surface area contributed by atoms with Crippen molar-refractivity contribution in [1.29, 1.82) is 0 Å². The molecule has 9 nitrogen and oxygen atoms in total. The molecule has 0 radical (unpaired) electrons. The summed E-state index contributed by atoms with van der Waals surface area (Å²) in [6, 6.07) is 0. The Labute approximate surface area is 320 Å². The summed E-state index contributed by atoms with van der Waals surface area (Å²) in [5, 5.41) is 0. The number of allylic oxidation sites excluding steroid dienone is 4. The number of carbonyl (C=O) groups is 2. The third-order valence-electron chi connectivity index (χ3n) is 8.65. The van der Waals surface area contributed by atoms with Crippen molar-refractivity contribution in [3.63, 3.8) is 0 Å². The van der Waals surface area contributed by atoms with Gasteiger partial charge in [-0.3, -0.25) is 14.1 Å². The minimum Gasteiger partial charge on any atom is -0.462 e. The SMILES string of the molecule is CCCCC/C=C\C/C=C\CCCCCCCC(=O)O[C@H](C)COC(=O)CCCCCCCCCCCCCCC.C[N+](C)(C)CCOP(=O)(O)O. The van der Waals surface area contributed by atoms with Crippen molar-refractivity contribution in [2.45, 2.75) is 194 Å². The summed E-state index contributed by atoms with van der Waals surface area (Å²) < 4.78 is 25.8. The van der Waals surface area contributed by atoms with E-state index in [1.165, 1.54) is 109 Å². The number of phosphoric acid groups is 1. The molecule has 0 fully saturated rings. The highest BCUT2D eigenvalue weighted by Crippen LogP contribution is 2.35. The second-order valence-corrected chi connectivity index (χ2v) is 16.5. The number of likely N-dealkylation sites (N-methyl/N-ethyl adjacent to an activating group) is 1. The zero-order chi connectivity index (χ0) is 39.2. The first-order valence-corrected chi connectivity index (χ1v) is 22.5. The van der Waals surface area contributed by atoms with Gasteiger partial charge in [0.05, 0.1) is 21.1 Å². The van der Waals surface area contributed by atoms with Crippen molar-refractivity contribution in [3.05, 3.63) is 24.3 Å². The normalized spacial score (nSPS) is 12.6. The fraction of sp³-hybridized carbons (Fsp3) is 0.857. The van der Waals surface area contributed by atoms with Gasteiger partial charge in [0, 0.05) is 12.8 Å². The van der Waals surface area contributed by atoms with Crippen molar-refractivity contribution in [2.75, 3.05) is 40.9 Å². The van der Waals surface area contributed by atoms with Crippen LogP contribution >= 0.6 is 7.82 Å². The molecule has 0 spiro atoms. The average molecular weight is 761 g/mol. The Morgan fingerprint density at radius 2 is 1.02 bits per heavy atom. The number of esters is 2. The van der Waals surface area contributed by atoms with E-state index in [0.29, 0.717) is 23.9 Å². The molecule has 0 saturated heterocycles. The van der Waals surface area contributed by atoms with Crippen LogP contribution in [-0.4, -0.2) is 73.2 Å². The summed E-state index contributed by atoms with van der Waals surface area (Å²) in [5.41, 5.74) is 0. The number of carbonyl (C=O) groups excluding carboxylic acids is 2. The van der Waals surface area contributed by atoms with Crippen LogP contribution in [-0.2, 0) is 28.2 Å². The third kappa shape index (κ3) is 48.5. The molecule has 52 heavy (non-hydrogen) atoms. The number of quaternary nitrogens is 1. The maximum atomic E-state index is 12.1. The molecule has 0 heterocycles. The molecule has 0 aromatic rings. The fourth-order valence-electron chi connectivity index (χ4n) is 5.40. The first kappa shape index (κ1) is 52.6. The molecular formula is C42H83NO8P+. The van der Waals surface area contributed by atoms with Crippen LogP contribution in [0.3, 0.4) is 0 Å². The molecule has 0 aromatic carbocycles. The van der Waals surface area contributed by atoms with Crippen LogP contribution < -0.4 is 0 Å². The average Bonchev–Trinajstić information content (AvgIpc) is 3.06. The lowest BCUT2D eigenvalue weighted by Crippen LogP contribution is -2.37. The highest BCUT2D eigenvalue weighted by atomic mass is 31.2. The van der Waals surface area contributed by atoms with Crippen LogP contribution in [0.4, 0.5) is 0 Å². The Morgan fingerprint density at radius 3 is 1.48 bits per heavy atom. The van der Waals surface area contributed by atoms with Gasteiger partial charge in [-0.15, -0.1) is 0 Å². The Kier molecular flexibility index (Phi) is 38.2. The maximum Gasteiger partial charge on any atom is 0.469 e. The second-order valence-electron chi connectivity index (χ2n) is 15.3. The molecule has 0 saturated carbocycles. The van der Waals surface area contributed by atoms with E-state index in [9.17, 15) is 14.2 Å². The highest BCUT2D eigenvalue weighted by Gasteiger charge is 2.16. The number of hydrogen-bond acceptors (Lipinski definition) is 6. The zero-order valence-corrected chi connectivity index (χ0v) is 35.5. The molecule has 0 aliphatic carbocycles. The summed E-state index contributed by atoms with van der Waals surface area (Å²) in [6.45, 7) is 7.12. The topological polar surface area (TPSA) is 119 Å². The van der Waals surface area contributed by atoms with E-state index in [2.05, 4.69) is 42.7 Å². The van der Waals surface area contributed by atoms with E-state index in [-0.39, 0.29) is 31.3 Å². The highest BCUT2D eigenvalue weighted by molar-refractivity contribution is 7.46. The number of rotatable bonds is 35. The molecule has 0 unspecified atom stereocenters. The van der Waals surface area contributed by atoms with Gasteiger partial charge in [-0.1, -0.05) is 147 Å². The lowest BCUT2D eigenvalue weighted by atomic mass is 10.0. The minimum absolute atomic E-state index is 0.0772. The molecule has 0 aromatic heterocycles. The van der Waals surface area contributed by atoms with Gasteiger partial charge in [0.1, 0.15) is 25.9 Å². The summed E-state index contributed by atoms with van der Waals surface area (Å²) in [4.78, 5) is 40.6. The Morgan fingerprint density at radius 1 is 0.615 bits per heavy atom. The van der Waals surface area contributed by atoms with Crippen molar-refractivity contribution in [2.24, 2.45) is 0 Å². The summed E-state index contributed by atoms with van der Waals surface area (Å²) >= 11 is 0. The number of phosphoric ester groups is 1. The molecule has 0 bridgehead atoms. The van der Waals surface area contributed by atoms with E-state index in [1.54, 1.807) is 6.92 Å². The summed E-state index contributed by atoms with van der Waals surface area (Å²) in [7, 11) is 1.50. The minimum atomic E-state index is -4.26. The Hall–Kier alpha value is -1.51. The Balaban J connectivity index is 0. The van der Waals surface area contributed by atoms with E-state index in [1.807, 2.05) is 21.1 Å². The van der Waals surface area contributed by atoms with Gasteiger partial charge in [-0.05, 0) is 51.9 Å². The Bertz CT molecular complexity index is 912. The van der Waals surface area contributed by atoms with Gasteiger partial charge in [0.25, 0.3) is 0 Å². The van der Waals surface area contributed by atoms with Crippen molar-refractivity contribution >= 4 is 19.8 Å². The van der Waals surface area contributed by atoms with Gasteiger partial charge in [0.2, 0.25) is 0 Å². The molecule has 0 rings (SSSR count). The maximum absolute atomic E-state index is 12.1. The quantitative estimate of drug-likeness (QED) is 0.0215. The van der Waals surface area contributed by atoms with Gasteiger partial charge in [-0.25, -0.2) is 4.57 Å². The van der Waals surface area contributed by atoms with Crippen LogP contribution in [0, 0.1) is 0 Å². The summed E-state index contributed by atoms with van der Waals surface area (Å²) in [5.74, 6) is -0.361. The first-order valence-electron chi connectivity index (χ1n) is 21.0. The van der Waals surface area contributed by atoms with E-state index in [0.717, 1.165) is 44.9 Å². The zero-order valence-electron chi connectivity index (χ0n) is 34.6. The second kappa shape index (κ2) is 37.8. The van der Waals surface area contributed by atoms with E-state index >= 15 is 0 Å². The van der Waals surface area contributed by atoms with Gasteiger partial charge in [-0.2, -0.15) is 0 Å². The fourth-order valence-corrected chi connectivity index (χ4v) is 5.72. The van der Waals surface area contributed by atoms with Gasteiger partial charge in [0.15, 0.2) is 0 Å². The van der Waals surface area contributed by atoms with Crippen molar-refractivity contribution in [1.82, 2.24) is 0 Å². The number of nitrogens with zero attached hydrogens (tertiary/aromatic N) is 1. The monoisotopic (exact) mass is 761 g/mol. The van der Waals surface area contributed by atoms with Crippen molar-refractivity contribution < 1.29 is 42.4 Å². The number of ether oxygens (including phenoxy) is 2. The lowest BCUT2D eigenvalue weighted by Gasteiger charge is -2.23. The number of unbranched alkanes of at least 4 members (excludes halogenated alkanes) is 20. The van der Waals surface area contributed by atoms with Crippen LogP contribution in [0.2, 0.25) is 0 Å². The summed E-state index contributed by atoms with van der Waals surface area (Å²) in [6.07, 6.45) is 39.3. The third-order valence-corrected chi connectivity index (χ3v) is 9.17. The predicted molar refractivity (Wildman–Crippen MR) is 217 cm³/mol. The van der Waals surface area contributed by atoms with E-state index in [4.69, 9.17) is 19.3 Å². The predicted octanol–water partition coefficient (Wildman–Crippen LogP) is 11.6. The van der Waals surface area contributed by atoms with Gasteiger partial charge < -0.3 is 23.7 Å². The van der Waals surface area contributed by atoms with Crippen molar-refractivity contribution in [3.8, 4) is 0 Å². The molecule has 0 aliphatic rings. The first-order chi connectivity index (χ1) is 24.8. The molecule has 0 amide bonds.